The summed E-state index contributed by atoms with van der Waals surface area (Å²) in [6, 6.07) is 0. The standard InChI is InChI=1S/C24B16FN/c25-5-1(21(41)17(37)13(33)9(5)29)2-6(26)10(30)14(34)18(38)22(2)42-23-3(7(27)11(31)15(35)19(23)39)4-8(28)12(32)16(36)20(40)24(4)42. The Morgan fingerprint density at radius 1 is 0.310 bits per heavy atom. The maximum absolute atomic E-state index is 16.0. The predicted molar refractivity (Wildman–Crippen MR) is 192 cm³/mol. The first-order valence-electron chi connectivity index (χ1n) is 12.0. The zero-order valence-corrected chi connectivity index (χ0v) is 22.1. The van der Waals surface area contributed by atoms with Gasteiger partial charge in [-0.25, -0.2) is 4.39 Å². The molecule has 0 atom stereocenters. The number of rotatable bonds is 2. The van der Waals surface area contributed by atoms with Gasteiger partial charge in [-0.3, -0.25) is 0 Å². The molecule has 5 rings (SSSR count). The van der Waals surface area contributed by atoms with Gasteiger partial charge in [-0.05, 0) is 16.3 Å². The van der Waals surface area contributed by atoms with Crippen LogP contribution in [0.3, 0.4) is 0 Å². The first-order chi connectivity index (χ1) is 19.5. The second kappa shape index (κ2) is 10.4. The molecule has 4 aromatic carbocycles. The predicted octanol–water partition coefficient (Wildman–Crippen LogP) is -12.7. The van der Waals surface area contributed by atoms with Crippen molar-refractivity contribution in [3.8, 4) is 16.8 Å². The van der Waals surface area contributed by atoms with Crippen LogP contribution < -0.4 is 87.4 Å². The molecular formula is C24B16FN. The third-order valence-electron chi connectivity index (χ3n) is 7.66. The molecule has 18 heteroatoms. The van der Waals surface area contributed by atoms with Gasteiger partial charge in [-0.15, -0.1) is 43.7 Å². The van der Waals surface area contributed by atoms with E-state index in [-0.39, 0.29) is 115 Å². The Labute approximate surface area is 265 Å². The van der Waals surface area contributed by atoms with Crippen molar-refractivity contribution in [2.45, 2.75) is 0 Å². The average Bonchev–Trinajstić information content (AvgIpc) is 3.32. The zero-order valence-electron chi connectivity index (χ0n) is 22.1. The smallest absolute Gasteiger partial charge is 0.122 e. The molecule has 1 aromatic heterocycles. The molecule has 0 amide bonds. The zero-order chi connectivity index (χ0) is 31.4. The van der Waals surface area contributed by atoms with Gasteiger partial charge in [0.25, 0.3) is 0 Å². The Morgan fingerprint density at radius 3 is 1.05 bits per heavy atom. The average molecular weight is 494 g/mol. The minimum Gasteiger partial charge on any atom is -0.311 e. The van der Waals surface area contributed by atoms with E-state index >= 15 is 4.39 Å². The third-order valence-corrected chi connectivity index (χ3v) is 7.66. The van der Waals surface area contributed by atoms with E-state index < -0.39 is 16.8 Å². The van der Waals surface area contributed by atoms with Crippen LogP contribution in [0.25, 0.3) is 38.6 Å². The quantitative estimate of drug-likeness (QED) is 0.215. The summed E-state index contributed by atoms with van der Waals surface area (Å²) in [4.78, 5) is 0. The van der Waals surface area contributed by atoms with Gasteiger partial charge < -0.3 is 4.57 Å². The second-order valence-corrected chi connectivity index (χ2v) is 9.81. The Morgan fingerprint density at radius 2 is 0.619 bits per heavy atom. The lowest BCUT2D eigenvalue weighted by atomic mass is 9.60. The van der Waals surface area contributed by atoms with Crippen molar-refractivity contribution in [1.82, 2.24) is 4.57 Å². The van der Waals surface area contributed by atoms with Gasteiger partial charge in [0.15, 0.2) is 0 Å². The Kier molecular flexibility index (Phi) is 7.68. The topological polar surface area (TPSA) is 4.93 Å². The summed E-state index contributed by atoms with van der Waals surface area (Å²) in [5.74, 6) is -1.08. The minimum absolute atomic E-state index is 0.0288. The van der Waals surface area contributed by atoms with Gasteiger partial charge in [0.05, 0.1) is 0 Å². The Balaban J connectivity index is 2.24. The fraction of sp³-hybridized carbons (Fsp3) is 0. The summed E-state index contributed by atoms with van der Waals surface area (Å²) >= 11 is 0. The van der Waals surface area contributed by atoms with Gasteiger partial charge in [0.2, 0.25) is 0 Å². The van der Waals surface area contributed by atoms with Crippen molar-refractivity contribution in [3.63, 3.8) is 0 Å². The van der Waals surface area contributed by atoms with Gasteiger partial charge in [0.1, 0.15) is 131 Å². The van der Waals surface area contributed by atoms with Gasteiger partial charge in [-0.2, -0.15) is 0 Å². The van der Waals surface area contributed by atoms with E-state index in [1.165, 1.54) is 4.57 Å². The number of hydrogen-bond acceptors (Lipinski definition) is 0. The van der Waals surface area contributed by atoms with Crippen molar-refractivity contribution in [3.05, 3.63) is 5.82 Å². The molecule has 32 radical (unpaired) electrons. The van der Waals surface area contributed by atoms with Gasteiger partial charge >= 0.3 is 0 Å². The minimum atomic E-state index is -1.08. The summed E-state index contributed by atoms with van der Waals surface area (Å²) in [5, 5.41) is 0.350. The van der Waals surface area contributed by atoms with Crippen LogP contribution in [0, 0.1) is 5.82 Å². The van der Waals surface area contributed by atoms with Crippen molar-refractivity contribution in [2.75, 3.05) is 0 Å². The number of benzene rings is 4. The lowest BCUT2D eigenvalue weighted by Gasteiger charge is -2.29. The van der Waals surface area contributed by atoms with Crippen LogP contribution in [-0.4, -0.2) is 130 Å². The van der Waals surface area contributed by atoms with Crippen LogP contribution in [-0.2, 0) is 0 Å². The number of nitrogens with zero attached hydrogens (tertiary/aromatic N) is 1. The van der Waals surface area contributed by atoms with E-state index in [9.17, 15) is 0 Å². The molecule has 0 bridgehead atoms. The highest BCUT2D eigenvalue weighted by molar-refractivity contribution is 6.72. The lowest BCUT2D eigenvalue weighted by Crippen LogP contribution is -2.53. The highest BCUT2D eigenvalue weighted by Gasteiger charge is 2.28. The number of hydrogen-bond donors (Lipinski definition) is 0. The fourth-order valence-electron chi connectivity index (χ4n) is 5.28. The molecule has 0 fully saturated rings. The highest BCUT2D eigenvalue weighted by atomic mass is 19.1. The van der Waals surface area contributed by atoms with E-state index in [1.54, 1.807) is 0 Å². The maximum Gasteiger partial charge on any atom is 0.122 e. The second-order valence-electron chi connectivity index (χ2n) is 9.81. The summed E-state index contributed by atoms with van der Waals surface area (Å²) in [6.45, 7) is 0. The molecule has 5 aromatic rings. The van der Waals surface area contributed by atoms with E-state index in [4.69, 9.17) is 126 Å². The SMILES string of the molecule is [B]c1c([B])c([B])c(-c2c([B])c([B])c([B])c([B])c2-n2c3c([B])c([B])c([B])c([B])c3c3c([B])c([B])c([B])c([B])c32)c(F)c1[B]. The van der Waals surface area contributed by atoms with Gasteiger partial charge in [0, 0.05) is 22.3 Å². The van der Waals surface area contributed by atoms with Crippen LogP contribution >= 0.6 is 0 Å². The molecule has 0 aliphatic heterocycles. The van der Waals surface area contributed by atoms with Crippen LogP contribution in [0.1, 0.15) is 0 Å². The highest BCUT2D eigenvalue weighted by Crippen LogP contribution is 2.30. The first-order valence-corrected chi connectivity index (χ1v) is 12.0. The molecule has 156 valence electrons. The molecule has 0 N–H and O–H groups in total. The molecule has 0 unspecified atom stereocenters. The van der Waals surface area contributed by atoms with Crippen molar-refractivity contribution in [2.24, 2.45) is 0 Å². The van der Waals surface area contributed by atoms with E-state index in [0.717, 1.165) is 0 Å². The summed E-state index contributed by atoms with van der Waals surface area (Å²) in [7, 11) is 101. The fourth-order valence-corrected chi connectivity index (χ4v) is 5.28. The number of fused-ring (bicyclic) bond motifs is 3. The normalized spacial score (nSPS) is 11.5. The number of halogens is 1. The largest absolute Gasteiger partial charge is 0.311 e. The monoisotopic (exact) mass is 497 g/mol. The van der Waals surface area contributed by atoms with Crippen LogP contribution in [0.5, 0.6) is 0 Å². The Bertz CT molecular complexity index is 1960. The van der Waals surface area contributed by atoms with Crippen LogP contribution in [0.2, 0.25) is 0 Å². The summed E-state index contributed by atoms with van der Waals surface area (Å²) in [5.41, 5.74) is -3.32. The first kappa shape index (κ1) is 31.1. The van der Waals surface area contributed by atoms with Crippen molar-refractivity contribution < 1.29 is 4.39 Å². The molecule has 0 saturated carbocycles. The molecular weight excluding hydrogens is 494 g/mol. The molecule has 0 saturated heterocycles. The van der Waals surface area contributed by atoms with E-state index in [2.05, 4.69) is 0 Å². The summed E-state index contributed by atoms with van der Waals surface area (Å²) < 4.78 is 17.4. The molecule has 1 nitrogen and oxygen atoms in total. The summed E-state index contributed by atoms with van der Waals surface area (Å²) in [6.07, 6.45) is 0. The van der Waals surface area contributed by atoms with E-state index in [1.807, 2.05) is 0 Å². The molecule has 0 spiro atoms. The molecule has 1 heterocycles. The van der Waals surface area contributed by atoms with Crippen molar-refractivity contribution in [1.29, 1.82) is 0 Å². The van der Waals surface area contributed by atoms with Crippen LogP contribution in [0.15, 0.2) is 0 Å². The number of aromatic nitrogens is 1. The van der Waals surface area contributed by atoms with Crippen molar-refractivity contribution >= 4 is 235 Å². The molecule has 0 aliphatic carbocycles. The molecule has 42 heavy (non-hydrogen) atoms. The van der Waals surface area contributed by atoms with E-state index in [0.29, 0.717) is 0 Å². The third kappa shape index (κ3) is 3.92. The Hall–Kier alpha value is -2.35. The van der Waals surface area contributed by atoms with Crippen LogP contribution in [0.4, 0.5) is 4.39 Å². The van der Waals surface area contributed by atoms with Gasteiger partial charge in [-0.1, -0.05) is 43.7 Å². The maximum atomic E-state index is 16.0. The lowest BCUT2D eigenvalue weighted by molar-refractivity contribution is 0.641. The molecule has 0 aliphatic rings.